The molecule has 0 bridgehead atoms. The summed E-state index contributed by atoms with van der Waals surface area (Å²) in [4.78, 5) is -0.178. The third-order valence-corrected chi connectivity index (χ3v) is 4.63. The van der Waals surface area contributed by atoms with Gasteiger partial charge in [0.05, 0.1) is 0 Å². The summed E-state index contributed by atoms with van der Waals surface area (Å²) in [5.74, 6) is 0. The Hall–Kier alpha value is -0.930. The average Bonchev–Trinajstić information content (AvgIpc) is 2.38. The van der Waals surface area contributed by atoms with Crippen LogP contribution in [0.25, 0.3) is 0 Å². The summed E-state index contributed by atoms with van der Waals surface area (Å²) in [5, 5.41) is 18.4. The summed E-state index contributed by atoms with van der Waals surface area (Å²) in [7, 11) is -3.83. The molecule has 1 rings (SSSR count). The Labute approximate surface area is 120 Å². The number of alkyl halides is 1. The molecule has 0 spiro atoms. The normalized spacial score (nSPS) is 11.6. The standard InChI is InChI=1S/C11H15BrN2O4S/c1-2-8-13(9-7-12)19(17,18)11-6-4-3-5-10(11)14(15)16/h2-6,15-16H,1,7-9H2. The van der Waals surface area contributed by atoms with Crippen LogP contribution in [0.15, 0.2) is 41.8 Å². The van der Waals surface area contributed by atoms with Crippen LogP contribution in [-0.4, -0.2) is 41.6 Å². The fourth-order valence-electron chi connectivity index (χ4n) is 1.53. The Kier molecular flexibility index (Phi) is 5.95. The van der Waals surface area contributed by atoms with Crippen molar-refractivity contribution in [2.75, 3.05) is 23.6 Å². The van der Waals surface area contributed by atoms with E-state index in [1.165, 1.54) is 34.6 Å². The maximum atomic E-state index is 12.4. The molecular weight excluding hydrogens is 336 g/mol. The van der Waals surface area contributed by atoms with E-state index in [1.807, 2.05) is 0 Å². The predicted molar refractivity (Wildman–Crippen MR) is 75.2 cm³/mol. The molecule has 0 atom stereocenters. The number of rotatable bonds is 7. The molecule has 106 valence electrons. The van der Waals surface area contributed by atoms with E-state index in [2.05, 4.69) is 22.5 Å². The third-order valence-electron chi connectivity index (χ3n) is 2.37. The van der Waals surface area contributed by atoms with E-state index in [1.54, 1.807) is 0 Å². The minimum atomic E-state index is -3.83. The maximum Gasteiger partial charge on any atom is 0.245 e. The van der Waals surface area contributed by atoms with Gasteiger partial charge in [0.2, 0.25) is 10.0 Å². The van der Waals surface area contributed by atoms with Gasteiger partial charge < -0.3 is 0 Å². The fraction of sp³-hybridized carbons (Fsp3) is 0.273. The van der Waals surface area contributed by atoms with Crippen molar-refractivity contribution in [1.82, 2.24) is 4.31 Å². The first-order valence-corrected chi connectivity index (χ1v) is 7.95. The second kappa shape index (κ2) is 7.01. The van der Waals surface area contributed by atoms with Crippen molar-refractivity contribution in [1.29, 1.82) is 0 Å². The zero-order valence-electron chi connectivity index (χ0n) is 10.1. The molecule has 1 aromatic carbocycles. The second-order valence-corrected chi connectivity index (χ2v) is 6.30. The Balaban J connectivity index is 3.28. The first-order chi connectivity index (χ1) is 8.95. The first kappa shape index (κ1) is 16.1. The molecule has 0 heterocycles. The summed E-state index contributed by atoms with van der Waals surface area (Å²) in [6.07, 6.45) is 1.47. The molecule has 0 aliphatic carbocycles. The van der Waals surface area contributed by atoms with Gasteiger partial charge in [-0.25, -0.2) is 8.42 Å². The largest absolute Gasteiger partial charge is 0.264 e. The van der Waals surface area contributed by atoms with E-state index in [-0.39, 0.29) is 28.9 Å². The van der Waals surface area contributed by atoms with Crippen molar-refractivity contribution in [3.63, 3.8) is 0 Å². The Bertz CT molecular complexity index is 533. The van der Waals surface area contributed by atoms with Crippen molar-refractivity contribution < 1.29 is 18.8 Å². The molecule has 1 aromatic rings. The van der Waals surface area contributed by atoms with Gasteiger partial charge >= 0.3 is 0 Å². The molecule has 0 unspecified atom stereocenters. The van der Waals surface area contributed by atoms with Crippen molar-refractivity contribution in [3.8, 4) is 0 Å². The van der Waals surface area contributed by atoms with Crippen molar-refractivity contribution in [2.24, 2.45) is 0 Å². The van der Waals surface area contributed by atoms with E-state index in [0.717, 1.165) is 0 Å². The molecule has 0 aliphatic rings. The number of para-hydroxylation sites is 1. The van der Waals surface area contributed by atoms with Crippen LogP contribution >= 0.6 is 15.9 Å². The zero-order valence-corrected chi connectivity index (χ0v) is 12.5. The fourth-order valence-corrected chi connectivity index (χ4v) is 3.77. The molecule has 0 amide bonds. The summed E-state index contributed by atoms with van der Waals surface area (Å²) in [6, 6.07) is 5.64. The highest BCUT2D eigenvalue weighted by Gasteiger charge is 2.27. The highest BCUT2D eigenvalue weighted by molar-refractivity contribution is 9.09. The molecule has 8 heteroatoms. The lowest BCUT2D eigenvalue weighted by Crippen LogP contribution is -2.33. The Morgan fingerprint density at radius 2 is 1.95 bits per heavy atom. The van der Waals surface area contributed by atoms with E-state index in [0.29, 0.717) is 5.33 Å². The SMILES string of the molecule is C=CCN(CCBr)S(=O)(=O)c1ccccc1N(O)O. The molecule has 6 nitrogen and oxygen atoms in total. The van der Waals surface area contributed by atoms with Gasteiger partial charge in [0.25, 0.3) is 0 Å². The monoisotopic (exact) mass is 350 g/mol. The number of sulfonamides is 1. The highest BCUT2D eigenvalue weighted by atomic mass is 79.9. The molecule has 0 aliphatic heterocycles. The van der Waals surface area contributed by atoms with E-state index in [9.17, 15) is 8.42 Å². The van der Waals surface area contributed by atoms with E-state index < -0.39 is 10.0 Å². The van der Waals surface area contributed by atoms with Crippen molar-refractivity contribution >= 4 is 31.6 Å². The summed E-state index contributed by atoms with van der Waals surface area (Å²) < 4.78 is 26.1. The van der Waals surface area contributed by atoms with Gasteiger partial charge in [-0.05, 0) is 12.1 Å². The van der Waals surface area contributed by atoms with Crippen molar-refractivity contribution in [2.45, 2.75) is 4.90 Å². The van der Waals surface area contributed by atoms with Gasteiger partial charge in [-0.15, -0.1) is 11.8 Å². The van der Waals surface area contributed by atoms with Gasteiger partial charge in [-0.3, -0.25) is 10.4 Å². The minimum Gasteiger partial charge on any atom is -0.264 e. The van der Waals surface area contributed by atoms with Crippen LogP contribution in [0.5, 0.6) is 0 Å². The number of hydrogen-bond donors (Lipinski definition) is 2. The predicted octanol–water partition coefficient (Wildman–Crippen LogP) is 1.84. The summed E-state index contributed by atoms with van der Waals surface area (Å²) >= 11 is 3.18. The number of nitrogens with zero attached hydrogens (tertiary/aromatic N) is 2. The molecule has 0 radical (unpaired) electrons. The number of anilines is 1. The van der Waals surface area contributed by atoms with Gasteiger partial charge in [0.1, 0.15) is 10.6 Å². The lowest BCUT2D eigenvalue weighted by atomic mass is 10.3. The number of halogens is 1. The highest BCUT2D eigenvalue weighted by Crippen LogP contribution is 2.26. The van der Waals surface area contributed by atoms with Crippen LogP contribution in [0.3, 0.4) is 0 Å². The maximum absolute atomic E-state index is 12.4. The summed E-state index contributed by atoms with van der Waals surface area (Å²) in [5.41, 5.74) is -0.203. The van der Waals surface area contributed by atoms with Crippen molar-refractivity contribution in [3.05, 3.63) is 36.9 Å². The minimum absolute atomic E-state index is 0.138. The molecule has 0 fully saturated rings. The van der Waals surface area contributed by atoms with Crippen LogP contribution in [-0.2, 0) is 10.0 Å². The van der Waals surface area contributed by atoms with Gasteiger partial charge in [-0.1, -0.05) is 34.1 Å². The Morgan fingerprint density at radius 3 is 2.47 bits per heavy atom. The molecular formula is C11H15BrN2O4S. The molecule has 0 aromatic heterocycles. The van der Waals surface area contributed by atoms with Crippen LogP contribution < -0.4 is 5.23 Å². The number of benzene rings is 1. The van der Waals surface area contributed by atoms with Crippen LogP contribution in [0.1, 0.15) is 0 Å². The van der Waals surface area contributed by atoms with Crippen LogP contribution in [0, 0.1) is 0 Å². The van der Waals surface area contributed by atoms with Crippen LogP contribution in [0.4, 0.5) is 5.69 Å². The lowest BCUT2D eigenvalue weighted by Gasteiger charge is -2.22. The van der Waals surface area contributed by atoms with Gasteiger partial charge in [0.15, 0.2) is 0 Å². The Morgan fingerprint density at radius 1 is 1.32 bits per heavy atom. The smallest absolute Gasteiger partial charge is 0.245 e. The molecule has 19 heavy (non-hydrogen) atoms. The van der Waals surface area contributed by atoms with Gasteiger partial charge in [-0.2, -0.15) is 4.31 Å². The van der Waals surface area contributed by atoms with Crippen LogP contribution in [0.2, 0.25) is 0 Å². The lowest BCUT2D eigenvalue weighted by molar-refractivity contribution is 0.0275. The molecule has 0 saturated carbocycles. The second-order valence-electron chi connectivity index (χ2n) is 3.60. The third kappa shape index (κ3) is 3.77. The van der Waals surface area contributed by atoms with E-state index >= 15 is 0 Å². The molecule has 0 saturated heterocycles. The zero-order chi connectivity index (χ0) is 14.5. The topological polar surface area (TPSA) is 81.1 Å². The number of hydrogen-bond acceptors (Lipinski definition) is 5. The quantitative estimate of drug-likeness (QED) is 0.445. The molecule has 2 N–H and O–H groups in total. The summed E-state index contributed by atoms with van der Waals surface area (Å²) in [6.45, 7) is 3.90. The van der Waals surface area contributed by atoms with E-state index in [4.69, 9.17) is 10.4 Å². The average molecular weight is 351 g/mol. The first-order valence-electron chi connectivity index (χ1n) is 5.39. The van der Waals surface area contributed by atoms with Gasteiger partial charge in [0, 0.05) is 18.4 Å².